The lowest BCUT2D eigenvalue weighted by Crippen LogP contribution is -2.09. The summed E-state index contributed by atoms with van der Waals surface area (Å²) in [6.07, 6.45) is 1.95. The number of hydrogen-bond donors (Lipinski definition) is 1. The Balaban J connectivity index is 2.30. The van der Waals surface area contributed by atoms with Crippen LogP contribution in [0.5, 0.6) is 0 Å². The molecule has 0 saturated heterocycles. The first-order chi connectivity index (χ1) is 9.11. The standard InChI is InChI=1S/C11H12N4O3S/c1-3-7-14-6(2)9(11(16)17)10(15-7)19-4-8-12-5-13-18-8/h5H,3-4H2,1-2H3,(H,16,17). The van der Waals surface area contributed by atoms with Gasteiger partial charge in [-0.3, -0.25) is 0 Å². The summed E-state index contributed by atoms with van der Waals surface area (Å²) >= 11 is 1.25. The molecule has 0 bridgehead atoms. The zero-order valence-electron chi connectivity index (χ0n) is 10.5. The zero-order valence-corrected chi connectivity index (χ0v) is 11.3. The molecule has 2 heterocycles. The van der Waals surface area contributed by atoms with Gasteiger partial charge in [0.25, 0.3) is 0 Å². The van der Waals surface area contributed by atoms with E-state index in [9.17, 15) is 9.90 Å². The fourth-order valence-corrected chi connectivity index (χ4v) is 2.44. The van der Waals surface area contributed by atoms with Gasteiger partial charge in [0.1, 0.15) is 16.4 Å². The molecular weight excluding hydrogens is 268 g/mol. The molecule has 0 atom stereocenters. The summed E-state index contributed by atoms with van der Waals surface area (Å²) in [5.74, 6) is 0.388. The maximum atomic E-state index is 11.3. The van der Waals surface area contributed by atoms with Crippen LogP contribution in [0.3, 0.4) is 0 Å². The van der Waals surface area contributed by atoms with Crippen LogP contribution in [-0.2, 0) is 12.2 Å². The lowest BCUT2D eigenvalue weighted by atomic mass is 10.2. The Kier molecular flexibility index (Phi) is 4.10. The highest BCUT2D eigenvalue weighted by Crippen LogP contribution is 2.25. The summed E-state index contributed by atoms with van der Waals surface area (Å²) in [6, 6.07) is 0. The van der Waals surface area contributed by atoms with Crippen molar-refractivity contribution in [2.75, 3.05) is 0 Å². The van der Waals surface area contributed by atoms with Crippen LogP contribution in [0, 0.1) is 6.92 Å². The average molecular weight is 280 g/mol. The number of aromatic nitrogens is 4. The quantitative estimate of drug-likeness (QED) is 0.652. The lowest BCUT2D eigenvalue weighted by Gasteiger charge is -2.08. The summed E-state index contributed by atoms with van der Waals surface area (Å²) in [5.41, 5.74) is 0.592. The van der Waals surface area contributed by atoms with Gasteiger partial charge in [-0.2, -0.15) is 4.98 Å². The summed E-state index contributed by atoms with van der Waals surface area (Å²) in [5, 5.41) is 13.1. The van der Waals surface area contributed by atoms with Crippen LogP contribution in [0.2, 0.25) is 0 Å². The molecule has 1 N–H and O–H groups in total. The highest BCUT2D eigenvalue weighted by Gasteiger charge is 2.18. The van der Waals surface area contributed by atoms with Gasteiger partial charge in [-0.1, -0.05) is 23.8 Å². The average Bonchev–Trinajstić information content (AvgIpc) is 2.88. The van der Waals surface area contributed by atoms with Crippen LogP contribution >= 0.6 is 11.8 Å². The predicted octanol–water partition coefficient (Wildman–Crippen LogP) is 1.72. The van der Waals surface area contributed by atoms with Crippen molar-refractivity contribution in [1.29, 1.82) is 0 Å². The van der Waals surface area contributed by atoms with Gasteiger partial charge >= 0.3 is 5.97 Å². The first-order valence-electron chi connectivity index (χ1n) is 5.61. The topological polar surface area (TPSA) is 102 Å². The van der Waals surface area contributed by atoms with Crippen LogP contribution in [0.25, 0.3) is 0 Å². The molecule has 100 valence electrons. The van der Waals surface area contributed by atoms with Crippen LogP contribution in [-0.4, -0.2) is 31.2 Å². The minimum absolute atomic E-state index is 0.127. The molecule has 0 aliphatic carbocycles. The summed E-state index contributed by atoms with van der Waals surface area (Å²) < 4.78 is 4.87. The van der Waals surface area contributed by atoms with E-state index in [2.05, 4.69) is 20.1 Å². The molecule has 19 heavy (non-hydrogen) atoms. The molecule has 8 heteroatoms. The van der Waals surface area contributed by atoms with Crippen molar-refractivity contribution < 1.29 is 14.4 Å². The Morgan fingerprint density at radius 1 is 1.47 bits per heavy atom. The molecule has 7 nitrogen and oxygen atoms in total. The van der Waals surface area contributed by atoms with Crippen LogP contribution < -0.4 is 0 Å². The summed E-state index contributed by atoms with van der Waals surface area (Å²) in [4.78, 5) is 23.6. The third-order valence-electron chi connectivity index (χ3n) is 2.37. The van der Waals surface area contributed by atoms with Crippen molar-refractivity contribution in [2.45, 2.75) is 31.0 Å². The van der Waals surface area contributed by atoms with Gasteiger partial charge in [0, 0.05) is 6.42 Å². The van der Waals surface area contributed by atoms with E-state index in [4.69, 9.17) is 4.52 Å². The Labute approximate surface area is 113 Å². The number of thioether (sulfide) groups is 1. The molecule has 0 amide bonds. The van der Waals surface area contributed by atoms with Gasteiger partial charge in [-0.15, -0.1) is 0 Å². The van der Waals surface area contributed by atoms with E-state index in [0.717, 1.165) is 0 Å². The normalized spacial score (nSPS) is 10.6. The van der Waals surface area contributed by atoms with Crippen molar-refractivity contribution in [2.24, 2.45) is 0 Å². The molecular formula is C11H12N4O3S. The minimum atomic E-state index is -1.03. The van der Waals surface area contributed by atoms with Crippen molar-refractivity contribution in [3.63, 3.8) is 0 Å². The predicted molar refractivity (Wildman–Crippen MR) is 67.0 cm³/mol. The fourth-order valence-electron chi connectivity index (χ4n) is 1.50. The van der Waals surface area contributed by atoms with Gasteiger partial charge in [-0.25, -0.2) is 14.8 Å². The largest absolute Gasteiger partial charge is 0.478 e. The van der Waals surface area contributed by atoms with Gasteiger partial charge in [0.15, 0.2) is 6.33 Å². The Hall–Kier alpha value is -1.96. The Bertz CT molecular complexity index is 586. The second-order valence-corrected chi connectivity index (χ2v) is 4.65. The maximum absolute atomic E-state index is 11.3. The van der Waals surface area contributed by atoms with E-state index in [1.165, 1.54) is 18.1 Å². The molecule has 2 rings (SSSR count). The Morgan fingerprint density at radius 3 is 2.84 bits per heavy atom. The van der Waals surface area contributed by atoms with E-state index >= 15 is 0 Å². The van der Waals surface area contributed by atoms with E-state index in [1.807, 2.05) is 6.92 Å². The second-order valence-electron chi connectivity index (χ2n) is 3.69. The number of aromatic carboxylic acids is 1. The number of rotatable bonds is 5. The van der Waals surface area contributed by atoms with Gasteiger partial charge in [0.2, 0.25) is 5.89 Å². The van der Waals surface area contributed by atoms with Crippen LogP contribution in [0.15, 0.2) is 15.9 Å². The van der Waals surface area contributed by atoms with Crippen molar-refractivity contribution in [3.05, 3.63) is 29.3 Å². The van der Waals surface area contributed by atoms with E-state index < -0.39 is 5.97 Å². The lowest BCUT2D eigenvalue weighted by molar-refractivity contribution is 0.0690. The molecule has 0 aliphatic heterocycles. The van der Waals surface area contributed by atoms with Crippen molar-refractivity contribution in [1.82, 2.24) is 20.1 Å². The van der Waals surface area contributed by atoms with E-state index in [1.54, 1.807) is 6.92 Å². The van der Waals surface area contributed by atoms with Gasteiger partial charge in [-0.05, 0) is 6.92 Å². The summed E-state index contributed by atoms with van der Waals surface area (Å²) in [7, 11) is 0. The van der Waals surface area contributed by atoms with Crippen molar-refractivity contribution >= 4 is 17.7 Å². The third-order valence-corrected chi connectivity index (χ3v) is 3.33. The SMILES string of the molecule is CCc1nc(C)c(C(=O)O)c(SCc2ncno2)n1. The molecule has 0 aromatic carbocycles. The zero-order chi connectivity index (χ0) is 13.8. The maximum Gasteiger partial charge on any atom is 0.340 e. The fraction of sp³-hybridized carbons (Fsp3) is 0.364. The number of hydrogen-bond acceptors (Lipinski definition) is 7. The number of aryl methyl sites for hydroxylation is 2. The molecule has 2 aromatic rings. The highest BCUT2D eigenvalue weighted by molar-refractivity contribution is 7.98. The summed E-state index contributed by atoms with van der Waals surface area (Å²) in [6.45, 7) is 3.59. The smallest absolute Gasteiger partial charge is 0.340 e. The Morgan fingerprint density at radius 2 is 2.26 bits per heavy atom. The van der Waals surface area contributed by atoms with Gasteiger partial charge in [0.05, 0.1) is 11.4 Å². The number of carboxylic acids is 1. The van der Waals surface area contributed by atoms with Crippen LogP contribution in [0.4, 0.5) is 0 Å². The third kappa shape index (κ3) is 3.08. The number of carbonyl (C=O) groups is 1. The molecule has 2 aromatic heterocycles. The second kappa shape index (κ2) is 5.79. The highest BCUT2D eigenvalue weighted by atomic mass is 32.2. The van der Waals surface area contributed by atoms with Crippen LogP contribution in [0.1, 0.15) is 34.7 Å². The molecule has 0 fully saturated rings. The van der Waals surface area contributed by atoms with E-state index in [-0.39, 0.29) is 5.56 Å². The molecule has 0 aliphatic rings. The molecule has 0 spiro atoms. The van der Waals surface area contributed by atoms with Gasteiger partial charge < -0.3 is 9.63 Å². The number of carboxylic acid groups (broad SMARTS) is 1. The molecule has 0 saturated carbocycles. The van der Waals surface area contributed by atoms with E-state index in [0.29, 0.717) is 34.6 Å². The van der Waals surface area contributed by atoms with Crippen molar-refractivity contribution in [3.8, 4) is 0 Å². The number of nitrogens with zero attached hydrogens (tertiary/aromatic N) is 4. The molecule has 0 radical (unpaired) electrons. The first kappa shape index (κ1) is 13.5. The first-order valence-corrected chi connectivity index (χ1v) is 6.59. The monoisotopic (exact) mass is 280 g/mol. The molecule has 0 unspecified atom stereocenters. The minimum Gasteiger partial charge on any atom is -0.478 e.